The number of fused-ring (bicyclic) bond motifs is 1. The van der Waals surface area contributed by atoms with E-state index in [4.69, 9.17) is 9.15 Å². The van der Waals surface area contributed by atoms with Gasteiger partial charge in [0, 0.05) is 19.3 Å². The molecule has 4 rings (SSSR count). The summed E-state index contributed by atoms with van der Waals surface area (Å²) in [6, 6.07) is 3.81. The number of carbonyl (C=O) groups excluding carboxylic acids is 1. The van der Waals surface area contributed by atoms with Crippen molar-refractivity contribution < 1.29 is 13.9 Å². The monoisotopic (exact) mass is 357 g/mol. The van der Waals surface area contributed by atoms with E-state index in [9.17, 15) is 4.79 Å². The Labute approximate surface area is 154 Å². The number of furan rings is 1. The van der Waals surface area contributed by atoms with Crippen LogP contribution >= 0.6 is 0 Å². The molecule has 6 heteroatoms. The van der Waals surface area contributed by atoms with E-state index in [0.717, 1.165) is 25.3 Å². The van der Waals surface area contributed by atoms with Crippen molar-refractivity contribution in [3.8, 4) is 0 Å². The minimum atomic E-state index is 0.0142. The summed E-state index contributed by atoms with van der Waals surface area (Å²) < 4.78 is 13.4. The van der Waals surface area contributed by atoms with Crippen molar-refractivity contribution >= 4 is 5.91 Å². The van der Waals surface area contributed by atoms with Gasteiger partial charge in [0.2, 0.25) is 0 Å². The number of hydrogen-bond acceptors (Lipinski definition) is 4. The van der Waals surface area contributed by atoms with E-state index in [1.807, 2.05) is 22.6 Å². The fourth-order valence-corrected chi connectivity index (χ4v) is 4.15. The molecule has 0 spiro atoms. The van der Waals surface area contributed by atoms with Crippen molar-refractivity contribution in [3.63, 3.8) is 0 Å². The average Bonchev–Trinajstić information content (AvgIpc) is 3.37. The second-order valence-electron chi connectivity index (χ2n) is 7.50. The molecule has 0 saturated heterocycles. The number of carbonyl (C=O) groups is 1. The van der Waals surface area contributed by atoms with E-state index in [-0.39, 0.29) is 11.9 Å². The van der Waals surface area contributed by atoms with Crippen LogP contribution in [-0.2, 0) is 17.8 Å². The lowest BCUT2D eigenvalue weighted by Gasteiger charge is -2.30. The summed E-state index contributed by atoms with van der Waals surface area (Å²) in [5, 5.41) is 4.39. The Kier molecular flexibility index (Phi) is 5.11. The Morgan fingerprint density at radius 3 is 2.88 bits per heavy atom. The first-order valence-electron chi connectivity index (χ1n) is 9.66. The third-order valence-corrected chi connectivity index (χ3v) is 5.74. The van der Waals surface area contributed by atoms with Gasteiger partial charge in [-0.05, 0) is 44.2 Å². The molecule has 2 aromatic heterocycles. The van der Waals surface area contributed by atoms with Gasteiger partial charge in [0.15, 0.2) is 0 Å². The third-order valence-electron chi connectivity index (χ3n) is 5.74. The van der Waals surface area contributed by atoms with Gasteiger partial charge in [-0.1, -0.05) is 12.8 Å². The first kappa shape index (κ1) is 17.3. The van der Waals surface area contributed by atoms with E-state index >= 15 is 0 Å². The fraction of sp³-hybridized carbons (Fsp3) is 0.600. The standard InChI is InChI=1S/C20H27N3O3/c1-15-19(8-11-26-15)20(24)22-12-17-6-9-21-23(17)10-7-18(22)14-25-13-16-4-2-3-5-16/h6,8-9,11,16,18H,2-5,7,10,12-14H2,1H3/t18-/m1/s1. The summed E-state index contributed by atoms with van der Waals surface area (Å²) in [6.45, 7) is 4.60. The zero-order valence-corrected chi connectivity index (χ0v) is 15.4. The van der Waals surface area contributed by atoms with Gasteiger partial charge < -0.3 is 14.1 Å². The molecule has 0 bridgehead atoms. The van der Waals surface area contributed by atoms with Crippen LogP contribution in [0.2, 0.25) is 0 Å². The molecule has 0 radical (unpaired) electrons. The van der Waals surface area contributed by atoms with Crippen LogP contribution in [0.15, 0.2) is 29.0 Å². The number of hydrogen-bond donors (Lipinski definition) is 0. The molecule has 0 aromatic carbocycles. The number of aryl methyl sites for hydroxylation is 2. The van der Waals surface area contributed by atoms with Crippen LogP contribution in [-0.4, -0.2) is 39.8 Å². The maximum atomic E-state index is 13.2. The molecule has 1 fully saturated rings. The highest BCUT2D eigenvalue weighted by atomic mass is 16.5. The topological polar surface area (TPSA) is 60.5 Å². The predicted octanol–water partition coefficient (Wildman–Crippen LogP) is 3.41. The summed E-state index contributed by atoms with van der Waals surface area (Å²) in [5.74, 6) is 1.37. The smallest absolute Gasteiger partial charge is 0.258 e. The molecule has 0 unspecified atom stereocenters. The number of ether oxygens (including phenoxy) is 1. The van der Waals surface area contributed by atoms with Gasteiger partial charge in [0.25, 0.3) is 5.91 Å². The van der Waals surface area contributed by atoms with E-state index < -0.39 is 0 Å². The summed E-state index contributed by atoms with van der Waals surface area (Å²) in [6.07, 6.45) is 9.43. The Bertz CT molecular complexity index is 745. The van der Waals surface area contributed by atoms with Crippen LogP contribution in [0.3, 0.4) is 0 Å². The maximum Gasteiger partial charge on any atom is 0.258 e. The summed E-state index contributed by atoms with van der Waals surface area (Å²) in [5.41, 5.74) is 1.71. The fourth-order valence-electron chi connectivity index (χ4n) is 4.15. The van der Waals surface area contributed by atoms with Crippen molar-refractivity contribution in [2.24, 2.45) is 5.92 Å². The lowest BCUT2D eigenvalue weighted by atomic mass is 10.1. The molecule has 2 aromatic rings. The van der Waals surface area contributed by atoms with Gasteiger partial charge in [-0.2, -0.15) is 5.10 Å². The van der Waals surface area contributed by atoms with Gasteiger partial charge in [-0.3, -0.25) is 9.48 Å². The lowest BCUT2D eigenvalue weighted by Crippen LogP contribution is -2.42. The highest BCUT2D eigenvalue weighted by Crippen LogP contribution is 2.26. The Balaban J connectivity index is 1.49. The zero-order valence-electron chi connectivity index (χ0n) is 15.4. The molecule has 26 heavy (non-hydrogen) atoms. The third kappa shape index (κ3) is 3.56. The van der Waals surface area contributed by atoms with Crippen molar-refractivity contribution in [2.75, 3.05) is 13.2 Å². The first-order chi connectivity index (χ1) is 12.7. The minimum Gasteiger partial charge on any atom is -0.469 e. The molecular formula is C20H27N3O3. The normalized spacial score (nSPS) is 21.0. The second kappa shape index (κ2) is 7.66. The van der Waals surface area contributed by atoms with Crippen LogP contribution < -0.4 is 0 Å². The molecule has 6 nitrogen and oxygen atoms in total. The van der Waals surface area contributed by atoms with Crippen LogP contribution in [0.25, 0.3) is 0 Å². The Hall–Kier alpha value is -2.08. The highest BCUT2D eigenvalue weighted by Gasteiger charge is 2.30. The van der Waals surface area contributed by atoms with Crippen LogP contribution in [0, 0.1) is 12.8 Å². The molecule has 3 heterocycles. The molecule has 1 aliphatic carbocycles. The molecule has 1 atom stereocenters. The van der Waals surface area contributed by atoms with Crippen molar-refractivity contribution in [3.05, 3.63) is 41.6 Å². The maximum absolute atomic E-state index is 13.2. The summed E-state index contributed by atoms with van der Waals surface area (Å²) in [7, 11) is 0. The number of nitrogens with zero attached hydrogens (tertiary/aromatic N) is 3. The van der Waals surface area contributed by atoms with E-state index in [1.54, 1.807) is 18.5 Å². The SMILES string of the molecule is Cc1occc1C(=O)N1Cc2ccnn2CC[C@@H]1COCC1CCCC1. The number of rotatable bonds is 5. The molecule has 1 saturated carbocycles. The van der Waals surface area contributed by atoms with Gasteiger partial charge in [-0.25, -0.2) is 0 Å². The molecule has 1 amide bonds. The Morgan fingerprint density at radius 2 is 2.12 bits per heavy atom. The van der Waals surface area contributed by atoms with Gasteiger partial charge in [0.1, 0.15) is 5.76 Å². The molecule has 2 aliphatic rings. The van der Waals surface area contributed by atoms with Crippen LogP contribution in [0.1, 0.15) is 53.9 Å². The zero-order chi connectivity index (χ0) is 17.9. The molecule has 1 aliphatic heterocycles. The predicted molar refractivity (Wildman–Crippen MR) is 96.7 cm³/mol. The van der Waals surface area contributed by atoms with Crippen LogP contribution in [0.4, 0.5) is 0 Å². The van der Waals surface area contributed by atoms with Crippen molar-refractivity contribution in [1.29, 1.82) is 0 Å². The van der Waals surface area contributed by atoms with E-state index in [0.29, 0.717) is 30.4 Å². The minimum absolute atomic E-state index is 0.0142. The van der Waals surface area contributed by atoms with Gasteiger partial charge in [0.05, 0.1) is 36.7 Å². The average molecular weight is 357 g/mol. The first-order valence-corrected chi connectivity index (χ1v) is 9.66. The molecular weight excluding hydrogens is 330 g/mol. The molecule has 140 valence electrons. The van der Waals surface area contributed by atoms with Crippen molar-refractivity contribution in [2.45, 2.75) is 58.2 Å². The molecule has 0 N–H and O–H groups in total. The lowest BCUT2D eigenvalue weighted by molar-refractivity contribution is 0.0306. The number of amides is 1. The largest absolute Gasteiger partial charge is 0.469 e. The highest BCUT2D eigenvalue weighted by molar-refractivity contribution is 5.95. The van der Waals surface area contributed by atoms with Gasteiger partial charge in [-0.15, -0.1) is 0 Å². The summed E-state index contributed by atoms with van der Waals surface area (Å²) >= 11 is 0. The Morgan fingerprint density at radius 1 is 1.27 bits per heavy atom. The van der Waals surface area contributed by atoms with Gasteiger partial charge >= 0.3 is 0 Å². The number of aromatic nitrogens is 2. The van der Waals surface area contributed by atoms with E-state index in [1.165, 1.54) is 25.7 Å². The van der Waals surface area contributed by atoms with E-state index in [2.05, 4.69) is 5.10 Å². The summed E-state index contributed by atoms with van der Waals surface area (Å²) in [4.78, 5) is 15.1. The quantitative estimate of drug-likeness (QED) is 0.823. The van der Waals surface area contributed by atoms with Crippen LogP contribution in [0.5, 0.6) is 0 Å². The second-order valence-corrected chi connectivity index (χ2v) is 7.50. The van der Waals surface area contributed by atoms with Crippen molar-refractivity contribution in [1.82, 2.24) is 14.7 Å².